The Kier molecular flexibility index (Phi) is 14.0. The molecule has 0 spiro atoms. The topological polar surface area (TPSA) is 0 Å². The summed E-state index contributed by atoms with van der Waals surface area (Å²) in [4.78, 5) is 0. The van der Waals surface area contributed by atoms with Crippen LogP contribution in [0.4, 0.5) is 0 Å². The predicted molar refractivity (Wildman–Crippen MR) is 415 cm³/mol. The monoisotopic (exact) mass is 1320 g/mol. The van der Waals surface area contributed by atoms with Crippen molar-refractivity contribution in [1.82, 2.24) is 0 Å². The summed E-state index contributed by atoms with van der Waals surface area (Å²) in [6.45, 7) is 7.55. The molecule has 0 heterocycles. The molecule has 16 aromatic rings. The fourth-order valence-electron chi connectivity index (χ4n) is 18.4. The number of hydrogen-bond acceptors (Lipinski definition) is 0. The average Bonchev–Trinajstić information content (AvgIpc) is 1.47. The van der Waals surface area contributed by atoms with E-state index in [4.69, 9.17) is 0 Å². The zero-order chi connectivity index (χ0) is 64.4. The first kappa shape index (κ1) is 58.7. The number of hydrogen-bond donors (Lipinski definition) is 0. The molecule has 0 N–H and O–H groups in total. The molecule has 2 aliphatic rings. The second-order valence-electron chi connectivity index (χ2n) is 29.0. The number of rotatable bonds is 12. The Hall–Kier alpha value is -9.82. The number of allylic oxidation sites excluding steroid dienone is 2. The van der Waals surface area contributed by atoms with Gasteiger partial charge in [-0.3, -0.25) is 0 Å². The van der Waals surface area contributed by atoms with Gasteiger partial charge in [0.1, 0.15) is 0 Å². The zero-order valence-corrected chi connectivity index (χ0v) is 58.8. The summed E-state index contributed by atoms with van der Waals surface area (Å²) >= 11 is -5.04. The molecule has 0 aromatic heterocycles. The van der Waals surface area contributed by atoms with Gasteiger partial charge in [-0.25, -0.2) is 0 Å². The third kappa shape index (κ3) is 9.46. The normalized spacial score (nSPS) is 15.4. The van der Waals surface area contributed by atoms with Crippen molar-refractivity contribution < 1.29 is 17.4 Å². The first-order chi connectivity index (χ1) is 47.0. The molecule has 0 amide bonds. The van der Waals surface area contributed by atoms with E-state index in [1.165, 1.54) is 164 Å². The number of benzene rings is 16. The van der Waals surface area contributed by atoms with Gasteiger partial charge in [0.2, 0.25) is 0 Å². The predicted octanol–water partition coefficient (Wildman–Crippen LogP) is 25.9. The molecule has 0 saturated heterocycles. The van der Waals surface area contributed by atoms with Crippen molar-refractivity contribution in [3.63, 3.8) is 0 Å². The fraction of sp³-hybridized carbons (Fsp3) is 0.106. The van der Waals surface area contributed by atoms with Crippen LogP contribution < -0.4 is 0 Å². The van der Waals surface area contributed by atoms with Crippen LogP contribution in [0.15, 0.2) is 314 Å². The number of fused-ring (bicyclic) bond motifs is 10. The zero-order valence-electron chi connectivity index (χ0n) is 55.0. The van der Waals surface area contributed by atoms with E-state index in [0.717, 1.165) is 12.8 Å². The third-order valence-electron chi connectivity index (χ3n) is 22.4. The Morgan fingerprint density at radius 1 is 0.281 bits per heavy atom. The quantitative estimate of drug-likeness (QED) is 0.0845. The minimum atomic E-state index is -5.04. The van der Waals surface area contributed by atoms with Crippen LogP contribution in [-0.4, -0.2) is 6.88 Å². The maximum absolute atomic E-state index is 5.04. The van der Waals surface area contributed by atoms with Gasteiger partial charge in [0.05, 0.1) is 0 Å². The van der Waals surface area contributed by atoms with Crippen LogP contribution in [0.25, 0.3) is 143 Å². The summed E-state index contributed by atoms with van der Waals surface area (Å²) in [7, 11) is 0. The van der Waals surface area contributed by atoms with Crippen molar-refractivity contribution in [3.05, 3.63) is 348 Å². The molecule has 4 unspecified atom stereocenters. The van der Waals surface area contributed by atoms with Crippen LogP contribution in [0.2, 0.25) is 9.26 Å². The molecule has 0 fully saturated rings. The van der Waals surface area contributed by atoms with Crippen LogP contribution in [-0.2, 0) is 17.4 Å². The summed E-state index contributed by atoms with van der Waals surface area (Å²) in [6.07, 6.45) is 7.45. The van der Waals surface area contributed by atoms with E-state index in [-0.39, 0.29) is 19.1 Å². The van der Waals surface area contributed by atoms with Crippen LogP contribution in [0, 0.1) is 0 Å². The molecule has 0 aliphatic heterocycles. The summed E-state index contributed by atoms with van der Waals surface area (Å²) < 4.78 is 6.09. The minimum absolute atomic E-state index is 0.102. The van der Waals surface area contributed by atoms with Crippen molar-refractivity contribution in [2.24, 2.45) is 0 Å². The second-order valence-corrected chi connectivity index (χ2v) is 59.5. The molecule has 96 heavy (non-hydrogen) atoms. The van der Waals surface area contributed by atoms with Crippen molar-refractivity contribution >= 4 is 105 Å². The van der Waals surface area contributed by atoms with Gasteiger partial charge >= 0.3 is 570 Å². The SMILES string of the molecule is CC(CC1=Cc2c(-c3c4ccccc4cc4ccccc34)ccc(-c3c4ccccc4cc4ccccc34)c2[CH]1[Zr]([CH3])([CH3])(=[SiH2])[CH]1C(CC(C)c2ccccc2)=Cc2c(-c3c4ccccc4cc4ccccc34)ccc(-c3c4ccccc4cc4ccccc34)c21)c1ccccc1. The molecule has 16 aromatic carbocycles. The van der Waals surface area contributed by atoms with Gasteiger partial charge in [0, 0.05) is 0 Å². The van der Waals surface area contributed by atoms with Crippen LogP contribution in [0.5, 0.6) is 0 Å². The summed E-state index contributed by atoms with van der Waals surface area (Å²) in [6, 6.07) is 116. The Bertz CT molecular complexity index is 5460. The Morgan fingerprint density at radius 3 is 0.760 bits per heavy atom. The van der Waals surface area contributed by atoms with Crippen molar-refractivity contribution in [2.75, 3.05) is 0 Å². The van der Waals surface area contributed by atoms with Gasteiger partial charge in [0.15, 0.2) is 0 Å². The molecule has 2 heteroatoms. The molecule has 4 atom stereocenters. The standard InChI is InChI=1S/2C46H33.2CH3.H2Si.Zr/c2*1-30(32-13-3-2-4-14-32)25-31-26-43-41(45-37-19-9-5-15-33(37)28-34-16-6-10-20-38(34)45)23-24-42(44(43)27-31)46-39-21-11-7-17-35(39)29-36-18-8-12-22-40(36)46;;;;/h2*2-24,26-30H,25H2,1H3;2*1H3;1H2;. The average molecular weight is 1320 g/mol. The molecule has 458 valence electrons. The molecular formula is C94H74SiZr. The molecule has 18 rings (SSSR count). The summed E-state index contributed by atoms with van der Waals surface area (Å²) in [5.41, 5.74) is 22.4. The van der Waals surface area contributed by atoms with Crippen molar-refractivity contribution in [3.8, 4) is 44.5 Å². The summed E-state index contributed by atoms with van der Waals surface area (Å²) in [5.74, 6) is 0.500. The van der Waals surface area contributed by atoms with E-state index in [0.29, 0.717) is 0 Å². The Balaban J connectivity index is 1.01. The first-order valence-corrected chi connectivity index (χ1v) is 48.2. The molecule has 2 aliphatic carbocycles. The summed E-state index contributed by atoms with van der Waals surface area (Å²) in [5, 5.41) is 20.5. The van der Waals surface area contributed by atoms with Crippen LogP contribution in [0.3, 0.4) is 0 Å². The second kappa shape index (κ2) is 22.9. The van der Waals surface area contributed by atoms with Crippen LogP contribution >= 0.6 is 0 Å². The van der Waals surface area contributed by atoms with Gasteiger partial charge in [-0.2, -0.15) is 0 Å². The molecule has 0 radical (unpaired) electrons. The van der Waals surface area contributed by atoms with Gasteiger partial charge in [-0.15, -0.1) is 0 Å². The van der Waals surface area contributed by atoms with E-state index >= 15 is 0 Å². The van der Waals surface area contributed by atoms with Crippen LogP contribution in [0.1, 0.15) is 79.2 Å². The Labute approximate surface area is 565 Å². The van der Waals surface area contributed by atoms with E-state index in [9.17, 15) is 0 Å². The van der Waals surface area contributed by atoms with Gasteiger partial charge in [-0.1, -0.05) is 0 Å². The fourth-order valence-corrected chi connectivity index (χ4v) is 37.9. The van der Waals surface area contributed by atoms with Crippen molar-refractivity contribution in [1.29, 1.82) is 0 Å². The third-order valence-corrected chi connectivity index (χ3v) is 39.8. The molecule has 0 nitrogen and oxygen atoms in total. The van der Waals surface area contributed by atoms with Gasteiger partial charge < -0.3 is 0 Å². The molecule has 0 saturated carbocycles. The van der Waals surface area contributed by atoms with Gasteiger partial charge in [0.25, 0.3) is 0 Å². The van der Waals surface area contributed by atoms with Gasteiger partial charge in [-0.05, 0) is 0 Å². The van der Waals surface area contributed by atoms with E-state index in [2.05, 4.69) is 345 Å². The Morgan fingerprint density at radius 2 is 0.500 bits per heavy atom. The molecular weight excluding hydrogens is 1250 g/mol. The molecule has 0 bridgehead atoms. The van der Waals surface area contributed by atoms with E-state index < -0.39 is 17.4 Å². The first-order valence-electron chi connectivity index (χ1n) is 34.6. The van der Waals surface area contributed by atoms with E-state index in [1.54, 1.807) is 11.1 Å². The van der Waals surface area contributed by atoms with E-state index in [1.807, 2.05) is 0 Å². The maximum atomic E-state index is 2.94. The van der Waals surface area contributed by atoms with Crippen molar-refractivity contribution in [2.45, 2.75) is 55.0 Å².